The Hall–Kier alpha value is -0.810. The highest BCUT2D eigenvalue weighted by atomic mass is 16.6. The van der Waals surface area contributed by atoms with Gasteiger partial charge in [-0.3, -0.25) is 0 Å². The summed E-state index contributed by atoms with van der Waals surface area (Å²) < 4.78 is 5.40. The molecule has 3 N–H and O–H groups in total. The highest BCUT2D eigenvalue weighted by Gasteiger charge is 2.43. The average molecular weight is 258 g/mol. The van der Waals surface area contributed by atoms with Gasteiger partial charge in [0, 0.05) is 6.54 Å². The Labute approximate surface area is 109 Å². The third-order valence-electron chi connectivity index (χ3n) is 3.39. The molecule has 0 radical (unpaired) electrons. The van der Waals surface area contributed by atoms with Gasteiger partial charge in [-0.15, -0.1) is 0 Å². The molecule has 1 aliphatic rings. The van der Waals surface area contributed by atoms with Crippen LogP contribution in [0.4, 0.5) is 4.79 Å². The summed E-state index contributed by atoms with van der Waals surface area (Å²) in [6.07, 6.45) is 1.92. The lowest BCUT2D eigenvalue weighted by molar-refractivity contribution is -0.0149. The van der Waals surface area contributed by atoms with Crippen molar-refractivity contribution in [1.29, 1.82) is 0 Å². The van der Waals surface area contributed by atoms with E-state index >= 15 is 0 Å². The van der Waals surface area contributed by atoms with Crippen molar-refractivity contribution in [3.63, 3.8) is 0 Å². The molecule has 0 aliphatic carbocycles. The number of piperidine rings is 1. The lowest BCUT2D eigenvalue weighted by Crippen LogP contribution is -2.65. The van der Waals surface area contributed by atoms with Gasteiger partial charge in [-0.2, -0.15) is 0 Å². The fraction of sp³-hybridized carbons (Fsp3) is 0.923. The van der Waals surface area contributed by atoms with Crippen LogP contribution in [0.15, 0.2) is 0 Å². The predicted octanol–water partition coefficient (Wildman–Crippen LogP) is 1.49. The van der Waals surface area contributed by atoms with Crippen molar-refractivity contribution in [3.05, 3.63) is 0 Å². The summed E-state index contributed by atoms with van der Waals surface area (Å²) >= 11 is 0. The van der Waals surface area contributed by atoms with Crippen LogP contribution >= 0.6 is 0 Å². The molecule has 1 saturated heterocycles. The minimum atomic E-state index is -0.704. The van der Waals surface area contributed by atoms with Crippen LogP contribution in [-0.4, -0.2) is 46.4 Å². The number of nitrogens with zero attached hydrogens (tertiary/aromatic N) is 1. The van der Waals surface area contributed by atoms with Gasteiger partial charge >= 0.3 is 6.09 Å². The third-order valence-corrected chi connectivity index (χ3v) is 3.39. The van der Waals surface area contributed by atoms with Crippen LogP contribution in [-0.2, 0) is 4.74 Å². The van der Waals surface area contributed by atoms with Gasteiger partial charge in [0.1, 0.15) is 5.60 Å². The highest BCUT2D eigenvalue weighted by Crippen LogP contribution is 2.29. The minimum absolute atomic E-state index is 0.106. The molecule has 1 aliphatic heterocycles. The Bertz CT molecular complexity index is 301. The monoisotopic (exact) mass is 258 g/mol. The van der Waals surface area contributed by atoms with E-state index < -0.39 is 11.1 Å². The first kappa shape index (κ1) is 15.2. The molecule has 0 spiro atoms. The van der Waals surface area contributed by atoms with Crippen molar-refractivity contribution < 1.29 is 14.6 Å². The van der Waals surface area contributed by atoms with E-state index in [1.807, 2.05) is 27.7 Å². The van der Waals surface area contributed by atoms with E-state index in [2.05, 4.69) is 0 Å². The maximum Gasteiger partial charge on any atom is 0.410 e. The van der Waals surface area contributed by atoms with Gasteiger partial charge in [0.2, 0.25) is 0 Å². The van der Waals surface area contributed by atoms with Gasteiger partial charge in [0.05, 0.1) is 18.2 Å². The van der Waals surface area contributed by atoms with Crippen LogP contribution in [0.1, 0.15) is 47.0 Å². The van der Waals surface area contributed by atoms with E-state index in [0.29, 0.717) is 6.54 Å². The first-order chi connectivity index (χ1) is 8.23. The number of nitrogens with two attached hydrogens (primary N) is 1. The summed E-state index contributed by atoms with van der Waals surface area (Å²) in [5, 5.41) is 9.48. The molecule has 2 atom stereocenters. The lowest BCUT2D eigenvalue weighted by Gasteiger charge is -2.46. The molecular formula is C13H26N2O3. The summed E-state index contributed by atoms with van der Waals surface area (Å²) in [5.41, 5.74) is 4.99. The summed E-state index contributed by atoms with van der Waals surface area (Å²) in [6.45, 7) is 8.05. The minimum Gasteiger partial charge on any atom is -0.444 e. The number of rotatable bonds is 2. The van der Waals surface area contributed by atoms with Crippen LogP contribution in [0.5, 0.6) is 0 Å². The second-order valence-corrected chi connectivity index (χ2v) is 6.09. The Morgan fingerprint density at radius 1 is 1.56 bits per heavy atom. The molecule has 2 unspecified atom stereocenters. The predicted molar refractivity (Wildman–Crippen MR) is 70.3 cm³/mol. The maximum absolute atomic E-state index is 12.2. The molecule has 1 rings (SSSR count). The Balaban J connectivity index is 2.83. The van der Waals surface area contributed by atoms with Gasteiger partial charge in [-0.05, 0) is 40.0 Å². The summed E-state index contributed by atoms with van der Waals surface area (Å²) in [4.78, 5) is 13.8. The zero-order valence-corrected chi connectivity index (χ0v) is 11.9. The van der Waals surface area contributed by atoms with Crippen LogP contribution in [0.2, 0.25) is 0 Å². The number of aliphatic hydroxyl groups excluding tert-OH is 1. The van der Waals surface area contributed by atoms with E-state index in [1.54, 1.807) is 4.90 Å². The van der Waals surface area contributed by atoms with Crippen LogP contribution in [0.25, 0.3) is 0 Å². The van der Waals surface area contributed by atoms with E-state index in [-0.39, 0.29) is 18.7 Å². The number of hydrogen-bond donors (Lipinski definition) is 2. The Morgan fingerprint density at radius 2 is 2.17 bits per heavy atom. The topological polar surface area (TPSA) is 75.8 Å². The standard InChI is InChI=1S/C13H26N2O3/c1-5-10-13(14,9-16)7-6-8-15(10)11(17)18-12(2,3)4/h10,16H,5-9,14H2,1-4H3. The fourth-order valence-corrected chi connectivity index (χ4v) is 2.56. The molecule has 1 fully saturated rings. The van der Waals surface area contributed by atoms with Gasteiger partial charge in [0.15, 0.2) is 0 Å². The average Bonchev–Trinajstić information content (AvgIpc) is 2.26. The summed E-state index contributed by atoms with van der Waals surface area (Å²) in [6, 6.07) is -0.161. The second kappa shape index (κ2) is 5.45. The molecule has 1 heterocycles. The molecular weight excluding hydrogens is 232 g/mol. The highest BCUT2D eigenvalue weighted by molar-refractivity contribution is 5.69. The molecule has 5 nitrogen and oxygen atoms in total. The molecule has 106 valence electrons. The van der Waals surface area contributed by atoms with E-state index in [9.17, 15) is 9.90 Å². The number of hydrogen-bond acceptors (Lipinski definition) is 4. The Kier molecular flexibility index (Phi) is 4.61. The molecule has 0 bridgehead atoms. The first-order valence-electron chi connectivity index (χ1n) is 6.63. The van der Waals surface area contributed by atoms with Crippen molar-refractivity contribution in [3.8, 4) is 0 Å². The smallest absolute Gasteiger partial charge is 0.410 e. The Morgan fingerprint density at radius 3 is 2.61 bits per heavy atom. The molecule has 0 aromatic rings. The lowest BCUT2D eigenvalue weighted by atomic mass is 9.81. The molecule has 1 amide bonds. The molecule has 0 aromatic heterocycles. The fourth-order valence-electron chi connectivity index (χ4n) is 2.56. The largest absolute Gasteiger partial charge is 0.444 e. The zero-order chi connectivity index (χ0) is 14.0. The van der Waals surface area contributed by atoms with Gasteiger partial charge in [0.25, 0.3) is 0 Å². The third kappa shape index (κ3) is 3.36. The number of carbonyl (C=O) groups is 1. The molecule has 5 heteroatoms. The van der Waals surface area contributed by atoms with Crippen molar-refractivity contribution in [1.82, 2.24) is 4.90 Å². The number of amides is 1. The van der Waals surface area contributed by atoms with Crippen molar-refractivity contribution in [2.24, 2.45) is 5.73 Å². The first-order valence-corrected chi connectivity index (χ1v) is 6.63. The van der Waals surface area contributed by atoms with Crippen LogP contribution < -0.4 is 5.73 Å². The van der Waals surface area contributed by atoms with Gasteiger partial charge < -0.3 is 20.5 Å². The van der Waals surface area contributed by atoms with Crippen molar-refractivity contribution in [2.45, 2.75) is 64.1 Å². The quantitative estimate of drug-likeness (QED) is 0.786. The number of likely N-dealkylation sites (tertiary alicyclic amines) is 1. The van der Waals surface area contributed by atoms with Crippen LogP contribution in [0.3, 0.4) is 0 Å². The second-order valence-electron chi connectivity index (χ2n) is 6.09. The number of aliphatic hydroxyl groups is 1. The van der Waals surface area contributed by atoms with Gasteiger partial charge in [-0.25, -0.2) is 4.79 Å². The van der Waals surface area contributed by atoms with Crippen LogP contribution in [0, 0.1) is 0 Å². The van der Waals surface area contributed by atoms with Gasteiger partial charge in [-0.1, -0.05) is 6.92 Å². The molecule has 0 aromatic carbocycles. The van der Waals surface area contributed by atoms with E-state index in [0.717, 1.165) is 19.3 Å². The summed E-state index contributed by atoms with van der Waals surface area (Å²) in [7, 11) is 0. The maximum atomic E-state index is 12.2. The molecule has 0 saturated carbocycles. The summed E-state index contributed by atoms with van der Waals surface area (Å²) in [5.74, 6) is 0. The van der Waals surface area contributed by atoms with E-state index in [1.165, 1.54) is 0 Å². The SMILES string of the molecule is CCC1N(C(=O)OC(C)(C)C)CCCC1(N)CO. The zero-order valence-electron chi connectivity index (χ0n) is 11.9. The normalized spacial score (nSPS) is 29.2. The molecule has 18 heavy (non-hydrogen) atoms. The van der Waals surface area contributed by atoms with Crippen molar-refractivity contribution >= 4 is 6.09 Å². The number of ether oxygens (including phenoxy) is 1. The van der Waals surface area contributed by atoms with E-state index in [4.69, 9.17) is 10.5 Å². The van der Waals surface area contributed by atoms with Crippen molar-refractivity contribution in [2.75, 3.05) is 13.2 Å². The number of carbonyl (C=O) groups excluding carboxylic acids is 1.